The summed E-state index contributed by atoms with van der Waals surface area (Å²) < 4.78 is 4.77. The van der Waals surface area contributed by atoms with Crippen molar-refractivity contribution < 1.29 is 19.1 Å². The largest absolute Gasteiger partial charge is 0.480 e. The molecule has 2 aromatic rings. The lowest BCUT2D eigenvalue weighted by Gasteiger charge is -2.11. The van der Waals surface area contributed by atoms with E-state index in [-0.39, 0.29) is 12.3 Å². The molecule has 0 saturated heterocycles. The first-order chi connectivity index (χ1) is 8.66. The van der Waals surface area contributed by atoms with Crippen molar-refractivity contribution in [3.63, 3.8) is 0 Å². The second-order valence-electron chi connectivity index (χ2n) is 3.48. The summed E-state index contributed by atoms with van der Waals surface area (Å²) in [6.07, 6.45) is 5.57. The van der Waals surface area contributed by atoms with Crippen LogP contribution in [0.15, 0.2) is 29.4 Å². The number of aromatic nitrogens is 3. The van der Waals surface area contributed by atoms with Crippen molar-refractivity contribution >= 4 is 11.9 Å². The third kappa shape index (κ3) is 2.73. The summed E-state index contributed by atoms with van der Waals surface area (Å²) in [4.78, 5) is 32.8. The van der Waals surface area contributed by atoms with Crippen LogP contribution in [0.5, 0.6) is 0 Å². The van der Waals surface area contributed by atoms with Crippen LogP contribution in [0.4, 0.5) is 0 Å². The molecule has 0 spiro atoms. The molecule has 0 fully saturated rings. The van der Waals surface area contributed by atoms with Gasteiger partial charge < -0.3 is 19.8 Å². The number of carboxylic acids is 1. The van der Waals surface area contributed by atoms with E-state index in [0.29, 0.717) is 5.69 Å². The van der Waals surface area contributed by atoms with Gasteiger partial charge in [0.15, 0.2) is 0 Å². The summed E-state index contributed by atoms with van der Waals surface area (Å²) >= 11 is 0. The molecule has 0 saturated carbocycles. The van der Waals surface area contributed by atoms with Gasteiger partial charge in [0.1, 0.15) is 12.3 Å². The highest BCUT2D eigenvalue weighted by Crippen LogP contribution is 2.01. The standard InChI is InChI=1S/C10H10N4O4/c15-8(9-12-1-2-18-9)14-7(10(16)17)3-6-4-11-5-13-6/h1-2,4-5,7H,3H2,(H,11,13)(H,14,15)(H,16,17)/t7-/m0/s1. The van der Waals surface area contributed by atoms with Gasteiger partial charge in [-0.1, -0.05) is 0 Å². The minimum Gasteiger partial charge on any atom is -0.480 e. The summed E-state index contributed by atoms with van der Waals surface area (Å²) in [6, 6.07) is -1.08. The van der Waals surface area contributed by atoms with Gasteiger partial charge in [0.05, 0.1) is 12.5 Å². The summed E-state index contributed by atoms with van der Waals surface area (Å²) in [7, 11) is 0. The van der Waals surface area contributed by atoms with Crippen LogP contribution in [-0.4, -0.2) is 38.0 Å². The van der Waals surface area contributed by atoms with Crippen molar-refractivity contribution in [1.82, 2.24) is 20.3 Å². The molecular weight excluding hydrogens is 240 g/mol. The first-order valence-electron chi connectivity index (χ1n) is 5.07. The number of hydrogen-bond acceptors (Lipinski definition) is 5. The van der Waals surface area contributed by atoms with Gasteiger partial charge in [0.2, 0.25) is 0 Å². The van der Waals surface area contributed by atoms with Gasteiger partial charge in [-0.15, -0.1) is 0 Å². The lowest BCUT2D eigenvalue weighted by molar-refractivity contribution is -0.139. The number of rotatable bonds is 5. The van der Waals surface area contributed by atoms with E-state index < -0.39 is 17.9 Å². The summed E-state index contributed by atoms with van der Waals surface area (Å²) in [5, 5.41) is 11.3. The summed E-state index contributed by atoms with van der Waals surface area (Å²) in [6.45, 7) is 0. The predicted octanol–water partition coefficient (Wildman–Crippen LogP) is -0.177. The average Bonchev–Trinajstić information content (AvgIpc) is 3.00. The highest BCUT2D eigenvalue weighted by Gasteiger charge is 2.23. The quantitative estimate of drug-likeness (QED) is 0.677. The van der Waals surface area contributed by atoms with Gasteiger partial charge in [0.25, 0.3) is 5.89 Å². The second kappa shape index (κ2) is 5.13. The fourth-order valence-corrected chi connectivity index (χ4v) is 1.37. The Hall–Kier alpha value is -2.64. The molecule has 18 heavy (non-hydrogen) atoms. The fourth-order valence-electron chi connectivity index (χ4n) is 1.37. The van der Waals surface area contributed by atoms with Crippen molar-refractivity contribution in [3.05, 3.63) is 36.6 Å². The van der Waals surface area contributed by atoms with Gasteiger partial charge in [0, 0.05) is 18.3 Å². The Kier molecular flexibility index (Phi) is 3.37. The molecule has 8 heteroatoms. The van der Waals surface area contributed by atoms with Gasteiger partial charge in [-0.2, -0.15) is 0 Å². The number of nitrogens with one attached hydrogen (secondary N) is 2. The molecule has 0 aromatic carbocycles. The third-order valence-electron chi connectivity index (χ3n) is 2.21. The molecule has 2 aromatic heterocycles. The number of hydrogen-bond donors (Lipinski definition) is 3. The molecule has 2 heterocycles. The normalized spacial score (nSPS) is 12.0. The van der Waals surface area contributed by atoms with Crippen LogP contribution in [0, 0.1) is 0 Å². The highest BCUT2D eigenvalue weighted by atomic mass is 16.4. The van der Waals surface area contributed by atoms with Crippen LogP contribution in [0.1, 0.15) is 16.4 Å². The van der Waals surface area contributed by atoms with Crippen molar-refractivity contribution in [3.8, 4) is 0 Å². The first-order valence-corrected chi connectivity index (χ1v) is 5.07. The Bertz CT molecular complexity index is 520. The lowest BCUT2D eigenvalue weighted by Crippen LogP contribution is -2.42. The number of carbonyl (C=O) groups is 2. The van der Waals surface area contributed by atoms with Gasteiger partial charge in [-0.05, 0) is 0 Å². The minimum absolute atomic E-state index is 0.0990. The van der Waals surface area contributed by atoms with Crippen LogP contribution < -0.4 is 5.32 Å². The first kappa shape index (κ1) is 11.8. The van der Waals surface area contributed by atoms with Crippen molar-refractivity contribution in [2.24, 2.45) is 0 Å². The van der Waals surface area contributed by atoms with E-state index in [0.717, 1.165) is 0 Å². The predicted molar refractivity (Wildman–Crippen MR) is 57.7 cm³/mol. The molecule has 1 amide bonds. The van der Waals surface area contributed by atoms with E-state index in [4.69, 9.17) is 9.52 Å². The number of nitrogens with zero attached hydrogens (tertiary/aromatic N) is 2. The molecule has 94 valence electrons. The minimum atomic E-state index is -1.15. The molecule has 0 bridgehead atoms. The summed E-state index contributed by atoms with van der Waals surface area (Å²) in [5.74, 6) is -2.00. The second-order valence-corrected chi connectivity index (χ2v) is 3.48. The van der Waals surface area contributed by atoms with Gasteiger partial charge in [-0.25, -0.2) is 14.8 Å². The Morgan fingerprint density at radius 2 is 2.39 bits per heavy atom. The molecular formula is C10H10N4O4. The Morgan fingerprint density at radius 3 is 2.94 bits per heavy atom. The number of oxazole rings is 1. The number of aromatic amines is 1. The summed E-state index contributed by atoms with van der Waals surface area (Å²) in [5.41, 5.74) is 0.607. The molecule has 8 nitrogen and oxygen atoms in total. The van der Waals surface area contributed by atoms with Gasteiger partial charge in [-0.3, -0.25) is 4.79 Å². The zero-order valence-corrected chi connectivity index (χ0v) is 9.16. The maximum Gasteiger partial charge on any atom is 0.326 e. The zero-order chi connectivity index (χ0) is 13.0. The molecule has 0 aliphatic carbocycles. The SMILES string of the molecule is O=C(N[C@@H](Cc1cnc[nH]1)C(=O)O)c1ncco1. The smallest absolute Gasteiger partial charge is 0.326 e. The molecule has 0 radical (unpaired) electrons. The van der Waals surface area contributed by atoms with Crippen molar-refractivity contribution in [1.29, 1.82) is 0 Å². The van der Waals surface area contributed by atoms with E-state index >= 15 is 0 Å². The van der Waals surface area contributed by atoms with Crippen LogP contribution in [0.2, 0.25) is 0 Å². The van der Waals surface area contributed by atoms with E-state index in [1.807, 2.05) is 0 Å². The van der Waals surface area contributed by atoms with Crippen LogP contribution in [0.3, 0.4) is 0 Å². The van der Waals surface area contributed by atoms with Gasteiger partial charge >= 0.3 is 11.9 Å². The Labute approximate surface area is 101 Å². The maximum atomic E-state index is 11.6. The average molecular weight is 250 g/mol. The Balaban J connectivity index is 2.03. The van der Waals surface area contributed by atoms with Crippen LogP contribution in [0.25, 0.3) is 0 Å². The third-order valence-corrected chi connectivity index (χ3v) is 2.21. The van der Waals surface area contributed by atoms with Crippen molar-refractivity contribution in [2.45, 2.75) is 12.5 Å². The van der Waals surface area contributed by atoms with E-state index in [9.17, 15) is 9.59 Å². The van der Waals surface area contributed by atoms with Crippen LogP contribution in [-0.2, 0) is 11.2 Å². The number of imidazole rings is 1. The van der Waals surface area contributed by atoms with E-state index in [1.165, 1.54) is 25.0 Å². The maximum absolute atomic E-state index is 11.6. The zero-order valence-electron chi connectivity index (χ0n) is 9.16. The molecule has 3 N–H and O–H groups in total. The highest BCUT2D eigenvalue weighted by molar-refractivity contribution is 5.92. The number of carboxylic acid groups (broad SMARTS) is 1. The number of H-pyrrole nitrogens is 1. The molecule has 0 unspecified atom stereocenters. The Morgan fingerprint density at radius 1 is 1.56 bits per heavy atom. The topological polar surface area (TPSA) is 121 Å². The number of aliphatic carboxylic acids is 1. The molecule has 0 aliphatic heterocycles. The molecule has 1 atom stereocenters. The monoisotopic (exact) mass is 250 g/mol. The number of amides is 1. The fraction of sp³-hybridized carbons (Fsp3) is 0.200. The lowest BCUT2D eigenvalue weighted by atomic mass is 10.1. The van der Waals surface area contributed by atoms with Crippen molar-refractivity contribution in [2.75, 3.05) is 0 Å². The molecule has 2 rings (SSSR count). The van der Waals surface area contributed by atoms with E-state index in [1.54, 1.807) is 0 Å². The number of carbonyl (C=O) groups excluding carboxylic acids is 1. The molecule has 0 aliphatic rings. The van der Waals surface area contributed by atoms with Crippen LogP contribution >= 0.6 is 0 Å². The van der Waals surface area contributed by atoms with E-state index in [2.05, 4.69) is 20.3 Å².